The maximum Gasteiger partial charge on any atom is 0.356 e. The first kappa shape index (κ1) is 14.5. The molecule has 2 aromatic heterocycles. The smallest absolute Gasteiger partial charge is 0.356 e. The topological polar surface area (TPSA) is 95.0 Å². The number of H-pyrrole nitrogens is 1. The summed E-state index contributed by atoms with van der Waals surface area (Å²) in [6.07, 6.45) is 4.55. The van der Waals surface area contributed by atoms with Crippen LogP contribution in [0.15, 0.2) is 6.20 Å². The minimum atomic E-state index is -0.994. The third-order valence-electron chi connectivity index (χ3n) is 3.92. The summed E-state index contributed by atoms with van der Waals surface area (Å²) in [5.74, 6) is 0.649. The lowest BCUT2D eigenvalue weighted by Gasteiger charge is -2.29. The Morgan fingerprint density at radius 1 is 1.50 bits per heavy atom. The SMILES string of the molecule is CCCc1cnc(C)nc1N1CCc2[nH]nc(C(=O)O)c2C1. The number of aromatic nitrogens is 4. The summed E-state index contributed by atoms with van der Waals surface area (Å²) < 4.78 is 0. The molecule has 0 saturated heterocycles. The fourth-order valence-corrected chi connectivity index (χ4v) is 2.86. The highest BCUT2D eigenvalue weighted by Crippen LogP contribution is 2.27. The van der Waals surface area contributed by atoms with E-state index in [0.29, 0.717) is 6.54 Å². The van der Waals surface area contributed by atoms with Gasteiger partial charge in [-0.05, 0) is 13.3 Å². The number of carboxylic acids is 1. The Balaban J connectivity index is 1.96. The van der Waals surface area contributed by atoms with E-state index < -0.39 is 5.97 Å². The number of nitrogens with one attached hydrogen (secondary N) is 1. The molecule has 1 aliphatic heterocycles. The molecule has 0 aliphatic carbocycles. The van der Waals surface area contributed by atoms with Crippen molar-refractivity contribution in [2.24, 2.45) is 0 Å². The van der Waals surface area contributed by atoms with Crippen molar-refractivity contribution in [2.45, 2.75) is 39.7 Å². The number of hydrogen-bond donors (Lipinski definition) is 2. The molecule has 0 spiro atoms. The largest absolute Gasteiger partial charge is 0.476 e. The van der Waals surface area contributed by atoms with Crippen LogP contribution in [0.3, 0.4) is 0 Å². The van der Waals surface area contributed by atoms with Crippen molar-refractivity contribution in [2.75, 3.05) is 11.4 Å². The lowest BCUT2D eigenvalue weighted by molar-refractivity contribution is 0.0689. The standard InChI is InChI=1S/C15H19N5O2/c1-3-4-10-7-16-9(2)17-14(10)20-6-5-12-11(8-20)13(15(21)22)19-18-12/h7H,3-6,8H2,1-2H3,(H,18,19)(H,21,22). The molecule has 116 valence electrons. The molecule has 0 radical (unpaired) electrons. The molecule has 3 heterocycles. The molecule has 0 aromatic carbocycles. The van der Waals surface area contributed by atoms with Crippen molar-refractivity contribution in [3.63, 3.8) is 0 Å². The van der Waals surface area contributed by atoms with Crippen molar-refractivity contribution < 1.29 is 9.90 Å². The predicted molar refractivity (Wildman–Crippen MR) is 81.1 cm³/mol. The molecule has 7 nitrogen and oxygen atoms in total. The maximum atomic E-state index is 11.3. The van der Waals surface area contributed by atoms with Crippen molar-refractivity contribution in [3.05, 3.63) is 34.5 Å². The Kier molecular flexibility index (Phi) is 3.79. The van der Waals surface area contributed by atoms with Crippen LogP contribution in [-0.4, -0.2) is 37.8 Å². The molecule has 3 rings (SSSR count). The molecule has 0 amide bonds. The number of nitrogens with zero attached hydrogens (tertiary/aromatic N) is 4. The lowest BCUT2D eigenvalue weighted by Crippen LogP contribution is -2.32. The van der Waals surface area contributed by atoms with E-state index in [1.807, 2.05) is 13.1 Å². The third-order valence-corrected chi connectivity index (χ3v) is 3.92. The van der Waals surface area contributed by atoms with Crippen LogP contribution in [0.5, 0.6) is 0 Å². The highest BCUT2D eigenvalue weighted by molar-refractivity contribution is 5.87. The van der Waals surface area contributed by atoms with Gasteiger partial charge in [-0.25, -0.2) is 14.8 Å². The van der Waals surface area contributed by atoms with Gasteiger partial charge in [0.2, 0.25) is 0 Å². The number of aromatic amines is 1. The van der Waals surface area contributed by atoms with Crippen molar-refractivity contribution in [3.8, 4) is 0 Å². The zero-order valence-electron chi connectivity index (χ0n) is 12.8. The van der Waals surface area contributed by atoms with Gasteiger partial charge in [0.15, 0.2) is 5.69 Å². The van der Waals surface area contributed by atoms with Crippen LogP contribution in [0.2, 0.25) is 0 Å². The second-order valence-electron chi connectivity index (χ2n) is 5.52. The quantitative estimate of drug-likeness (QED) is 0.893. The Hall–Kier alpha value is -2.44. The average Bonchev–Trinajstić information content (AvgIpc) is 2.92. The number of anilines is 1. The van der Waals surface area contributed by atoms with Gasteiger partial charge in [0.1, 0.15) is 11.6 Å². The molecule has 2 aromatic rings. The Morgan fingerprint density at radius 2 is 2.32 bits per heavy atom. The van der Waals surface area contributed by atoms with E-state index in [0.717, 1.165) is 54.3 Å². The van der Waals surface area contributed by atoms with Crippen molar-refractivity contribution in [1.82, 2.24) is 20.2 Å². The number of aromatic carboxylic acids is 1. The van der Waals surface area contributed by atoms with E-state index in [2.05, 4.69) is 32.0 Å². The normalized spacial score (nSPS) is 14.0. The first-order valence-electron chi connectivity index (χ1n) is 7.47. The summed E-state index contributed by atoms with van der Waals surface area (Å²) in [6.45, 7) is 5.30. The minimum Gasteiger partial charge on any atom is -0.476 e. The summed E-state index contributed by atoms with van der Waals surface area (Å²) in [5.41, 5.74) is 2.90. The van der Waals surface area contributed by atoms with Gasteiger partial charge in [0, 0.05) is 42.5 Å². The van der Waals surface area contributed by atoms with Gasteiger partial charge in [-0.1, -0.05) is 13.3 Å². The first-order chi connectivity index (χ1) is 10.6. The van der Waals surface area contributed by atoms with E-state index in [1.165, 1.54) is 0 Å². The summed E-state index contributed by atoms with van der Waals surface area (Å²) in [6, 6.07) is 0. The van der Waals surface area contributed by atoms with E-state index in [1.54, 1.807) is 0 Å². The number of fused-ring (bicyclic) bond motifs is 1. The average molecular weight is 301 g/mol. The van der Waals surface area contributed by atoms with Gasteiger partial charge in [0.25, 0.3) is 0 Å². The molecular formula is C15H19N5O2. The van der Waals surface area contributed by atoms with Gasteiger partial charge >= 0.3 is 5.97 Å². The van der Waals surface area contributed by atoms with Crippen molar-refractivity contribution >= 4 is 11.8 Å². The highest BCUT2D eigenvalue weighted by atomic mass is 16.4. The van der Waals surface area contributed by atoms with Crippen LogP contribution in [0.1, 0.15) is 46.5 Å². The number of hydrogen-bond acceptors (Lipinski definition) is 5. The van der Waals surface area contributed by atoms with Crippen LogP contribution < -0.4 is 4.90 Å². The maximum absolute atomic E-state index is 11.3. The zero-order chi connectivity index (χ0) is 15.7. The molecule has 0 unspecified atom stereocenters. The molecule has 0 fully saturated rings. The van der Waals surface area contributed by atoms with Gasteiger partial charge < -0.3 is 10.0 Å². The molecule has 1 aliphatic rings. The lowest BCUT2D eigenvalue weighted by atomic mass is 10.0. The monoisotopic (exact) mass is 301 g/mol. The number of aryl methyl sites for hydroxylation is 2. The molecule has 0 atom stereocenters. The van der Waals surface area contributed by atoms with Crippen LogP contribution >= 0.6 is 0 Å². The second kappa shape index (κ2) is 5.75. The fourth-order valence-electron chi connectivity index (χ4n) is 2.86. The third kappa shape index (κ3) is 2.54. The van der Waals surface area contributed by atoms with Gasteiger partial charge in [-0.3, -0.25) is 5.10 Å². The minimum absolute atomic E-state index is 0.113. The van der Waals surface area contributed by atoms with E-state index in [4.69, 9.17) is 0 Å². The molecule has 0 bridgehead atoms. The van der Waals surface area contributed by atoms with Gasteiger partial charge in [0.05, 0.1) is 0 Å². The molecule has 0 saturated carbocycles. The van der Waals surface area contributed by atoms with Crippen LogP contribution in [0.4, 0.5) is 5.82 Å². The summed E-state index contributed by atoms with van der Waals surface area (Å²) in [7, 11) is 0. The Morgan fingerprint density at radius 3 is 3.05 bits per heavy atom. The van der Waals surface area contributed by atoms with E-state index in [9.17, 15) is 9.90 Å². The second-order valence-corrected chi connectivity index (χ2v) is 5.52. The summed E-state index contributed by atoms with van der Waals surface area (Å²) in [5, 5.41) is 16.0. The molecule has 2 N–H and O–H groups in total. The predicted octanol–water partition coefficient (Wildman–Crippen LogP) is 1.72. The molecular weight excluding hydrogens is 282 g/mol. The zero-order valence-corrected chi connectivity index (χ0v) is 12.8. The van der Waals surface area contributed by atoms with E-state index >= 15 is 0 Å². The van der Waals surface area contributed by atoms with Gasteiger partial charge in [-0.15, -0.1) is 0 Å². The van der Waals surface area contributed by atoms with Gasteiger partial charge in [-0.2, -0.15) is 5.10 Å². The van der Waals surface area contributed by atoms with Crippen molar-refractivity contribution in [1.29, 1.82) is 0 Å². The number of carbonyl (C=O) groups is 1. The summed E-state index contributed by atoms with van der Waals surface area (Å²) >= 11 is 0. The fraction of sp³-hybridized carbons (Fsp3) is 0.467. The van der Waals surface area contributed by atoms with E-state index in [-0.39, 0.29) is 5.69 Å². The van der Waals surface area contributed by atoms with Crippen LogP contribution in [0, 0.1) is 6.92 Å². The van der Waals surface area contributed by atoms with Crippen LogP contribution in [-0.2, 0) is 19.4 Å². The summed E-state index contributed by atoms with van der Waals surface area (Å²) in [4.78, 5) is 22.3. The number of rotatable bonds is 4. The number of carboxylic acid groups (broad SMARTS) is 1. The Labute approximate surface area is 128 Å². The highest BCUT2D eigenvalue weighted by Gasteiger charge is 2.27. The first-order valence-corrected chi connectivity index (χ1v) is 7.47. The Bertz CT molecular complexity index is 710. The molecule has 7 heteroatoms. The van der Waals surface area contributed by atoms with Crippen LogP contribution in [0.25, 0.3) is 0 Å². The molecule has 22 heavy (non-hydrogen) atoms.